The molecule has 3 N–H and O–H groups in total. The lowest BCUT2D eigenvalue weighted by atomic mass is 9.71. The number of primary amides is 1. The Kier molecular flexibility index (Phi) is 4.01. The summed E-state index contributed by atoms with van der Waals surface area (Å²) >= 11 is 0. The summed E-state index contributed by atoms with van der Waals surface area (Å²) in [5.41, 5.74) is 4.91. The lowest BCUT2D eigenvalue weighted by Gasteiger charge is -2.44. The van der Waals surface area contributed by atoms with E-state index in [1.807, 2.05) is 0 Å². The third-order valence-corrected chi connectivity index (χ3v) is 3.16. The minimum Gasteiger partial charge on any atom is -0.417 e. The zero-order valence-electron chi connectivity index (χ0n) is 10.5. The molecule has 1 aliphatic rings. The Bertz CT molecular complexity index is 493. The molecule has 2 amide bonds. The van der Waals surface area contributed by atoms with E-state index in [0.717, 1.165) is 0 Å². The molecule has 0 atom stereocenters. The number of pyridine rings is 1. The van der Waals surface area contributed by atoms with Crippen molar-refractivity contribution in [3.63, 3.8) is 0 Å². The highest BCUT2D eigenvalue weighted by Crippen LogP contribution is 2.37. The van der Waals surface area contributed by atoms with E-state index >= 15 is 0 Å². The Hall–Kier alpha value is -1.99. The lowest BCUT2D eigenvalue weighted by molar-refractivity contribution is -0.0529. The van der Waals surface area contributed by atoms with Gasteiger partial charge in [-0.2, -0.15) is 8.78 Å². The predicted octanol–water partition coefficient (Wildman–Crippen LogP) is 1.76. The molecule has 1 heterocycles. The Labute approximate surface area is 113 Å². The number of rotatable bonds is 5. The summed E-state index contributed by atoms with van der Waals surface area (Å²) in [5.74, 6) is -0.220. The molecule has 20 heavy (non-hydrogen) atoms. The Morgan fingerprint density at radius 2 is 2.30 bits per heavy atom. The smallest absolute Gasteiger partial charge is 0.388 e. The standard InChI is InChI=1S/C12H14F3N3O2/c13-8-5-12(6-8,18-11(16)19)4-7-1-2-17-9(3-7)20-10(14)15/h1-3,8,10H,4-6H2,(H3,16,18,19). The molecule has 0 aromatic carbocycles. The van der Waals surface area contributed by atoms with Crippen molar-refractivity contribution in [2.24, 2.45) is 5.73 Å². The zero-order valence-corrected chi connectivity index (χ0v) is 10.5. The van der Waals surface area contributed by atoms with Crippen LogP contribution in [0.15, 0.2) is 18.3 Å². The Balaban J connectivity index is 2.09. The molecule has 2 rings (SSSR count). The lowest BCUT2D eigenvalue weighted by Crippen LogP contribution is -2.60. The molecular weight excluding hydrogens is 275 g/mol. The number of halogens is 3. The molecule has 0 saturated heterocycles. The van der Waals surface area contributed by atoms with Crippen LogP contribution in [0.1, 0.15) is 18.4 Å². The number of amides is 2. The number of carbonyl (C=O) groups is 1. The van der Waals surface area contributed by atoms with Gasteiger partial charge in [0, 0.05) is 25.1 Å². The van der Waals surface area contributed by atoms with Crippen molar-refractivity contribution >= 4 is 6.03 Å². The first-order valence-electron chi connectivity index (χ1n) is 6.00. The van der Waals surface area contributed by atoms with Gasteiger partial charge >= 0.3 is 12.6 Å². The van der Waals surface area contributed by atoms with Crippen LogP contribution in [0.2, 0.25) is 0 Å². The van der Waals surface area contributed by atoms with Crippen LogP contribution in [0, 0.1) is 0 Å². The molecule has 1 saturated carbocycles. The third kappa shape index (κ3) is 3.52. The minimum atomic E-state index is -2.96. The largest absolute Gasteiger partial charge is 0.417 e. The fourth-order valence-corrected chi connectivity index (χ4v) is 2.45. The van der Waals surface area contributed by atoms with E-state index in [0.29, 0.717) is 5.56 Å². The summed E-state index contributed by atoms with van der Waals surface area (Å²) in [6, 6.07) is 2.19. The van der Waals surface area contributed by atoms with Gasteiger partial charge in [0.2, 0.25) is 5.88 Å². The van der Waals surface area contributed by atoms with Crippen molar-refractivity contribution in [1.29, 1.82) is 0 Å². The van der Waals surface area contributed by atoms with Crippen molar-refractivity contribution in [1.82, 2.24) is 10.3 Å². The predicted molar refractivity (Wildman–Crippen MR) is 64.2 cm³/mol. The molecule has 1 aromatic rings. The van der Waals surface area contributed by atoms with Gasteiger partial charge in [0.1, 0.15) is 6.17 Å². The summed E-state index contributed by atoms with van der Waals surface area (Å²) in [7, 11) is 0. The average molecular weight is 289 g/mol. The fourth-order valence-electron chi connectivity index (χ4n) is 2.45. The molecule has 1 aliphatic carbocycles. The maximum absolute atomic E-state index is 13.1. The molecule has 0 aliphatic heterocycles. The Morgan fingerprint density at radius 3 is 2.85 bits per heavy atom. The molecule has 0 spiro atoms. The van der Waals surface area contributed by atoms with Gasteiger partial charge in [-0.05, 0) is 18.1 Å². The van der Waals surface area contributed by atoms with Crippen molar-refractivity contribution in [2.75, 3.05) is 0 Å². The van der Waals surface area contributed by atoms with E-state index in [2.05, 4.69) is 15.0 Å². The zero-order chi connectivity index (χ0) is 14.8. The van der Waals surface area contributed by atoms with Gasteiger partial charge in [0.25, 0.3) is 0 Å². The van der Waals surface area contributed by atoms with E-state index in [1.165, 1.54) is 12.3 Å². The average Bonchev–Trinajstić information content (AvgIpc) is 2.25. The van der Waals surface area contributed by atoms with Crippen molar-refractivity contribution in [3.05, 3.63) is 23.9 Å². The molecule has 8 heteroatoms. The first-order valence-corrected chi connectivity index (χ1v) is 6.00. The second kappa shape index (κ2) is 5.56. The van der Waals surface area contributed by atoms with Gasteiger partial charge in [-0.1, -0.05) is 0 Å². The molecule has 0 radical (unpaired) electrons. The number of ether oxygens (including phenoxy) is 1. The van der Waals surface area contributed by atoms with E-state index in [9.17, 15) is 18.0 Å². The van der Waals surface area contributed by atoms with E-state index < -0.39 is 24.4 Å². The monoisotopic (exact) mass is 289 g/mol. The van der Waals surface area contributed by atoms with Gasteiger partial charge in [-0.15, -0.1) is 0 Å². The van der Waals surface area contributed by atoms with Crippen molar-refractivity contribution in [3.8, 4) is 5.88 Å². The van der Waals surface area contributed by atoms with Gasteiger partial charge in [-0.3, -0.25) is 0 Å². The fraction of sp³-hybridized carbons (Fsp3) is 0.500. The normalized spacial score (nSPS) is 25.1. The van der Waals surface area contributed by atoms with Crippen LogP contribution in [0.4, 0.5) is 18.0 Å². The van der Waals surface area contributed by atoms with Crippen molar-refractivity contribution < 1.29 is 22.7 Å². The third-order valence-electron chi connectivity index (χ3n) is 3.16. The first-order chi connectivity index (χ1) is 9.38. The summed E-state index contributed by atoms with van der Waals surface area (Å²) in [6.45, 7) is -2.96. The second-order valence-electron chi connectivity index (χ2n) is 4.83. The van der Waals surface area contributed by atoms with Crippen LogP contribution in [-0.2, 0) is 6.42 Å². The number of alkyl halides is 3. The number of nitrogens with zero attached hydrogens (tertiary/aromatic N) is 1. The number of nitrogens with two attached hydrogens (primary N) is 1. The minimum absolute atomic E-state index is 0.142. The molecular formula is C12H14F3N3O2. The van der Waals surface area contributed by atoms with Gasteiger partial charge in [0.15, 0.2) is 0 Å². The molecule has 0 unspecified atom stereocenters. The van der Waals surface area contributed by atoms with Crippen molar-refractivity contribution in [2.45, 2.75) is 37.6 Å². The van der Waals surface area contributed by atoms with Gasteiger partial charge < -0.3 is 15.8 Å². The van der Waals surface area contributed by atoms with Gasteiger partial charge in [0.05, 0.1) is 5.54 Å². The SMILES string of the molecule is NC(=O)NC1(Cc2ccnc(OC(F)F)c2)CC(F)C1. The highest BCUT2D eigenvalue weighted by Gasteiger charge is 2.45. The van der Waals surface area contributed by atoms with Crippen LogP contribution in [0.3, 0.4) is 0 Å². The number of nitrogens with one attached hydrogen (secondary N) is 1. The number of aromatic nitrogens is 1. The van der Waals surface area contributed by atoms with Crippen LogP contribution >= 0.6 is 0 Å². The summed E-state index contributed by atoms with van der Waals surface area (Å²) in [6.07, 6.45) is 0.877. The number of urea groups is 1. The highest BCUT2D eigenvalue weighted by molar-refractivity contribution is 5.73. The highest BCUT2D eigenvalue weighted by atomic mass is 19.3. The second-order valence-corrected chi connectivity index (χ2v) is 4.83. The number of hydrogen-bond acceptors (Lipinski definition) is 3. The number of carbonyl (C=O) groups excluding carboxylic acids is 1. The molecule has 5 nitrogen and oxygen atoms in total. The maximum Gasteiger partial charge on any atom is 0.388 e. The summed E-state index contributed by atoms with van der Waals surface area (Å²) in [5, 5.41) is 2.52. The molecule has 1 aromatic heterocycles. The van der Waals surface area contributed by atoms with E-state index in [4.69, 9.17) is 5.73 Å². The van der Waals surface area contributed by atoms with Gasteiger partial charge in [-0.25, -0.2) is 14.2 Å². The maximum atomic E-state index is 13.1. The van der Waals surface area contributed by atoms with Crippen LogP contribution < -0.4 is 15.8 Å². The van der Waals surface area contributed by atoms with Crippen LogP contribution in [-0.4, -0.2) is 29.3 Å². The Morgan fingerprint density at radius 1 is 1.60 bits per heavy atom. The topological polar surface area (TPSA) is 77.2 Å². The van der Waals surface area contributed by atoms with Crippen LogP contribution in [0.5, 0.6) is 5.88 Å². The molecule has 0 bridgehead atoms. The van der Waals surface area contributed by atoms with Crippen LogP contribution in [0.25, 0.3) is 0 Å². The summed E-state index contributed by atoms with van der Waals surface area (Å²) < 4.78 is 41.5. The molecule has 1 fully saturated rings. The van der Waals surface area contributed by atoms with E-state index in [1.54, 1.807) is 6.07 Å². The molecule has 110 valence electrons. The summed E-state index contributed by atoms with van der Waals surface area (Å²) in [4.78, 5) is 14.6. The quantitative estimate of drug-likeness (QED) is 0.867. The first kappa shape index (κ1) is 14.4. The van der Waals surface area contributed by atoms with E-state index in [-0.39, 0.29) is 25.1 Å². The number of hydrogen-bond donors (Lipinski definition) is 2.